The number of anilines is 2. The van der Waals surface area contributed by atoms with Gasteiger partial charge in [0.1, 0.15) is 11.6 Å². The van der Waals surface area contributed by atoms with Crippen molar-refractivity contribution in [1.29, 1.82) is 0 Å². The minimum absolute atomic E-state index is 0.200. The Bertz CT molecular complexity index is 1240. The zero-order valence-electron chi connectivity index (χ0n) is 16.3. The maximum absolute atomic E-state index is 13.1. The molecule has 156 valence electrons. The Morgan fingerprint density at radius 1 is 0.933 bits per heavy atom. The van der Waals surface area contributed by atoms with Crippen molar-refractivity contribution in [3.8, 4) is 0 Å². The van der Waals surface area contributed by atoms with Gasteiger partial charge in [0.25, 0.3) is 0 Å². The predicted octanol–water partition coefficient (Wildman–Crippen LogP) is 2.06. The molecule has 0 unspecified atom stereocenters. The Kier molecular flexibility index (Phi) is 4.05. The lowest BCUT2D eigenvalue weighted by Crippen LogP contribution is -2.47. The van der Waals surface area contributed by atoms with Crippen LogP contribution in [0.5, 0.6) is 0 Å². The van der Waals surface area contributed by atoms with Gasteiger partial charge in [0.2, 0.25) is 0 Å². The standard InChI is InChI=1S/C18H18F3N9/c1-11-24-14-12(9-23-27(14)2)15(25-11)28-5-7-29(8-6-28)16-17-26-13(18(19,20)21)10-30(17)4-3-22-16/h3-4,9-10H,5-8H2,1-2H3. The van der Waals surface area contributed by atoms with Crippen LogP contribution in [0.4, 0.5) is 24.8 Å². The highest BCUT2D eigenvalue weighted by Gasteiger charge is 2.35. The van der Waals surface area contributed by atoms with E-state index in [1.165, 1.54) is 16.8 Å². The third-order valence-electron chi connectivity index (χ3n) is 5.21. The molecule has 1 saturated heterocycles. The molecular formula is C18H18F3N9. The van der Waals surface area contributed by atoms with Crippen LogP contribution < -0.4 is 9.80 Å². The molecule has 4 aromatic rings. The Morgan fingerprint density at radius 2 is 1.63 bits per heavy atom. The van der Waals surface area contributed by atoms with Crippen molar-refractivity contribution in [2.75, 3.05) is 36.0 Å². The summed E-state index contributed by atoms with van der Waals surface area (Å²) in [5.41, 5.74) is 0.0417. The smallest absolute Gasteiger partial charge is 0.352 e. The number of halogens is 3. The maximum atomic E-state index is 13.1. The quantitative estimate of drug-likeness (QED) is 0.494. The van der Waals surface area contributed by atoms with Crippen molar-refractivity contribution in [3.63, 3.8) is 0 Å². The Balaban J connectivity index is 1.43. The number of hydrogen-bond acceptors (Lipinski definition) is 7. The molecule has 1 fully saturated rings. The van der Waals surface area contributed by atoms with E-state index in [9.17, 15) is 13.2 Å². The highest BCUT2D eigenvalue weighted by atomic mass is 19.4. The average molecular weight is 417 g/mol. The minimum atomic E-state index is -4.50. The maximum Gasteiger partial charge on any atom is 0.434 e. The molecule has 0 radical (unpaired) electrons. The third-order valence-corrected chi connectivity index (χ3v) is 5.21. The third kappa shape index (κ3) is 2.99. The van der Waals surface area contributed by atoms with E-state index in [1.54, 1.807) is 10.9 Å². The van der Waals surface area contributed by atoms with Crippen LogP contribution in [0.15, 0.2) is 24.8 Å². The average Bonchev–Trinajstić information content (AvgIpc) is 3.32. The van der Waals surface area contributed by atoms with Crippen molar-refractivity contribution in [2.45, 2.75) is 13.1 Å². The van der Waals surface area contributed by atoms with E-state index in [2.05, 4.69) is 29.9 Å². The molecule has 0 amide bonds. The number of piperazine rings is 1. The Labute approximate surface area is 168 Å². The summed E-state index contributed by atoms with van der Waals surface area (Å²) in [5, 5.41) is 5.15. The molecular weight excluding hydrogens is 399 g/mol. The van der Waals surface area contributed by atoms with Crippen LogP contribution in [-0.4, -0.2) is 60.3 Å². The number of aryl methyl sites for hydroxylation is 2. The van der Waals surface area contributed by atoms with Crippen LogP contribution in [-0.2, 0) is 13.2 Å². The van der Waals surface area contributed by atoms with Crippen LogP contribution in [0.1, 0.15) is 11.5 Å². The Morgan fingerprint density at radius 3 is 2.33 bits per heavy atom. The second-order valence-electron chi connectivity index (χ2n) is 7.18. The first-order valence-electron chi connectivity index (χ1n) is 9.38. The molecule has 1 aliphatic heterocycles. The van der Waals surface area contributed by atoms with Gasteiger partial charge in [-0.2, -0.15) is 18.3 Å². The number of hydrogen-bond donors (Lipinski definition) is 0. The highest BCUT2D eigenvalue weighted by Crippen LogP contribution is 2.31. The molecule has 1 aliphatic rings. The van der Waals surface area contributed by atoms with Crippen molar-refractivity contribution in [2.24, 2.45) is 7.05 Å². The number of imidazole rings is 1. The summed E-state index contributed by atoms with van der Waals surface area (Å²) >= 11 is 0. The molecule has 5 heterocycles. The zero-order chi connectivity index (χ0) is 21.0. The van der Waals surface area contributed by atoms with E-state index in [4.69, 9.17) is 0 Å². The molecule has 30 heavy (non-hydrogen) atoms. The number of fused-ring (bicyclic) bond motifs is 2. The van der Waals surface area contributed by atoms with Gasteiger partial charge in [0.05, 0.1) is 11.6 Å². The Hall–Kier alpha value is -3.44. The first kappa shape index (κ1) is 18.6. The van der Waals surface area contributed by atoms with Gasteiger partial charge < -0.3 is 14.2 Å². The fourth-order valence-corrected chi connectivity index (χ4v) is 3.75. The number of rotatable bonds is 2. The molecule has 0 saturated carbocycles. The monoisotopic (exact) mass is 417 g/mol. The van der Waals surface area contributed by atoms with Gasteiger partial charge >= 0.3 is 6.18 Å². The lowest BCUT2D eigenvalue weighted by atomic mass is 10.2. The molecule has 0 spiro atoms. The van der Waals surface area contributed by atoms with Crippen molar-refractivity contribution >= 4 is 28.3 Å². The summed E-state index contributed by atoms with van der Waals surface area (Å²) in [7, 11) is 1.84. The van der Waals surface area contributed by atoms with Crippen molar-refractivity contribution in [1.82, 2.24) is 34.1 Å². The van der Waals surface area contributed by atoms with Crippen LogP contribution >= 0.6 is 0 Å². The minimum Gasteiger partial charge on any atom is -0.352 e. The molecule has 0 atom stereocenters. The summed E-state index contributed by atoms with van der Waals surface area (Å²) in [4.78, 5) is 21.2. The lowest BCUT2D eigenvalue weighted by molar-refractivity contribution is -0.140. The van der Waals surface area contributed by atoms with Crippen molar-refractivity contribution < 1.29 is 13.2 Å². The SMILES string of the molecule is Cc1nc(N2CCN(c3nccn4cc(C(F)(F)F)nc34)CC2)c2cnn(C)c2n1. The van der Waals surface area contributed by atoms with Crippen molar-refractivity contribution in [3.05, 3.63) is 36.3 Å². The molecule has 0 bridgehead atoms. The van der Waals surface area contributed by atoms with Gasteiger partial charge in [-0.05, 0) is 6.92 Å². The van der Waals surface area contributed by atoms with E-state index in [0.717, 1.165) is 23.0 Å². The van der Waals surface area contributed by atoms with Gasteiger partial charge in [0, 0.05) is 51.8 Å². The largest absolute Gasteiger partial charge is 0.434 e. The second-order valence-corrected chi connectivity index (χ2v) is 7.18. The second kappa shape index (κ2) is 6.54. The molecule has 5 rings (SSSR count). The summed E-state index contributed by atoms with van der Waals surface area (Å²) in [6.45, 7) is 4.26. The molecule has 4 aromatic heterocycles. The van der Waals surface area contributed by atoms with Gasteiger partial charge in [-0.25, -0.2) is 19.9 Å². The predicted molar refractivity (Wildman–Crippen MR) is 103 cm³/mol. The summed E-state index contributed by atoms with van der Waals surface area (Å²) in [6, 6.07) is 0. The number of aromatic nitrogens is 7. The molecule has 0 aromatic carbocycles. The van der Waals surface area contributed by atoms with Crippen LogP contribution in [0.25, 0.3) is 16.7 Å². The summed E-state index contributed by atoms with van der Waals surface area (Å²) < 4.78 is 42.3. The molecule has 12 heteroatoms. The van der Waals surface area contributed by atoms with Crippen LogP contribution in [0.2, 0.25) is 0 Å². The zero-order valence-corrected chi connectivity index (χ0v) is 16.3. The highest BCUT2D eigenvalue weighted by molar-refractivity contribution is 5.87. The fraction of sp³-hybridized carbons (Fsp3) is 0.389. The first-order chi connectivity index (χ1) is 14.3. The van der Waals surface area contributed by atoms with E-state index in [0.29, 0.717) is 37.8 Å². The van der Waals surface area contributed by atoms with Crippen LogP contribution in [0.3, 0.4) is 0 Å². The topological polar surface area (TPSA) is 80.3 Å². The molecule has 0 aliphatic carbocycles. The van der Waals surface area contributed by atoms with Crippen LogP contribution in [0, 0.1) is 6.92 Å². The van der Waals surface area contributed by atoms with Gasteiger partial charge in [-0.15, -0.1) is 0 Å². The molecule has 9 nitrogen and oxygen atoms in total. The first-order valence-corrected chi connectivity index (χ1v) is 9.38. The number of alkyl halides is 3. The fourth-order valence-electron chi connectivity index (χ4n) is 3.75. The van der Waals surface area contributed by atoms with E-state index < -0.39 is 11.9 Å². The number of nitrogens with zero attached hydrogens (tertiary/aromatic N) is 9. The van der Waals surface area contributed by atoms with E-state index >= 15 is 0 Å². The summed E-state index contributed by atoms with van der Waals surface area (Å²) in [5.74, 6) is 1.92. The van der Waals surface area contributed by atoms with Gasteiger partial charge in [-0.3, -0.25) is 4.68 Å². The lowest BCUT2D eigenvalue weighted by Gasteiger charge is -2.36. The van der Waals surface area contributed by atoms with E-state index in [1.807, 2.05) is 18.9 Å². The molecule has 0 N–H and O–H groups in total. The van der Waals surface area contributed by atoms with Gasteiger partial charge in [-0.1, -0.05) is 0 Å². The normalized spacial score (nSPS) is 15.5. The summed E-state index contributed by atoms with van der Waals surface area (Å²) in [6.07, 6.45) is 1.20. The van der Waals surface area contributed by atoms with Gasteiger partial charge in [0.15, 0.2) is 22.8 Å². The van der Waals surface area contributed by atoms with E-state index in [-0.39, 0.29) is 5.65 Å².